The number of carbonyl (C=O) groups excluding carboxylic acids is 3. The van der Waals surface area contributed by atoms with E-state index >= 15 is 0 Å². The Labute approximate surface area is 240 Å². The predicted octanol–water partition coefficient (Wildman–Crippen LogP) is 4.48. The van der Waals surface area contributed by atoms with Crippen LogP contribution in [0.15, 0.2) is 72.8 Å². The van der Waals surface area contributed by atoms with Crippen LogP contribution in [-0.2, 0) is 16.1 Å². The van der Waals surface area contributed by atoms with Crippen molar-refractivity contribution >= 4 is 23.6 Å². The number of cyclic esters (lactones) is 1. The molecule has 0 radical (unpaired) electrons. The number of hydrogen-bond acceptors (Lipinski definition) is 6. The molecule has 0 bridgehead atoms. The smallest absolute Gasteiger partial charge is 0.411 e. The molecule has 0 saturated carbocycles. The van der Waals surface area contributed by atoms with Crippen molar-refractivity contribution < 1.29 is 23.9 Å². The standard InChI is InChI=1S/C32H36N4O5/c1-4-34-17-19-35(20-18-34)31(38)28-29(41-32(39)36(28)21-25-8-6-5-7-22(25)2)23-9-13-26(14-10-23)33-30(37)24-11-15-27(40-3)16-12-24/h5-16,28-29H,4,17-21H2,1-3H3,(H,33,37)/t28-,29+/m0/s1. The lowest BCUT2D eigenvalue weighted by Crippen LogP contribution is -2.54. The molecule has 2 fully saturated rings. The Bertz CT molecular complexity index is 1380. The summed E-state index contributed by atoms with van der Waals surface area (Å²) in [4.78, 5) is 45.7. The van der Waals surface area contributed by atoms with E-state index in [4.69, 9.17) is 9.47 Å². The van der Waals surface area contributed by atoms with Gasteiger partial charge in [-0.25, -0.2) is 4.79 Å². The van der Waals surface area contributed by atoms with Crippen molar-refractivity contribution in [1.82, 2.24) is 14.7 Å². The Kier molecular flexibility index (Phi) is 8.54. The van der Waals surface area contributed by atoms with Gasteiger partial charge in [0, 0.05) is 37.4 Å². The van der Waals surface area contributed by atoms with E-state index in [9.17, 15) is 14.4 Å². The van der Waals surface area contributed by atoms with Crippen LogP contribution in [0.3, 0.4) is 0 Å². The molecule has 3 aromatic rings. The zero-order valence-electron chi connectivity index (χ0n) is 23.7. The third-order valence-electron chi connectivity index (χ3n) is 7.92. The van der Waals surface area contributed by atoms with E-state index in [-0.39, 0.29) is 18.4 Å². The summed E-state index contributed by atoms with van der Waals surface area (Å²) in [6.45, 7) is 8.15. The molecule has 0 aromatic heterocycles. The SMILES string of the molecule is CCN1CCN(C(=O)[C@@H]2[C@@H](c3ccc(NC(=O)c4ccc(OC)cc4)cc3)OC(=O)N2Cc2ccccc2C)CC1. The molecule has 0 unspecified atom stereocenters. The molecule has 2 atom stereocenters. The number of anilines is 1. The zero-order valence-corrected chi connectivity index (χ0v) is 23.7. The summed E-state index contributed by atoms with van der Waals surface area (Å²) >= 11 is 0. The van der Waals surface area contributed by atoms with Gasteiger partial charge in [-0.2, -0.15) is 0 Å². The summed E-state index contributed by atoms with van der Waals surface area (Å²) in [7, 11) is 1.57. The molecule has 214 valence electrons. The summed E-state index contributed by atoms with van der Waals surface area (Å²) < 4.78 is 11.0. The van der Waals surface area contributed by atoms with Crippen LogP contribution in [0.2, 0.25) is 0 Å². The highest BCUT2D eigenvalue weighted by Crippen LogP contribution is 2.36. The topological polar surface area (TPSA) is 91.4 Å². The van der Waals surface area contributed by atoms with Crippen molar-refractivity contribution in [3.63, 3.8) is 0 Å². The van der Waals surface area contributed by atoms with Crippen molar-refractivity contribution in [2.45, 2.75) is 32.5 Å². The minimum Gasteiger partial charge on any atom is -0.497 e. The number of methoxy groups -OCH3 is 1. The average molecular weight is 557 g/mol. The molecule has 3 amide bonds. The molecular formula is C32H36N4O5. The monoisotopic (exact) mass is 556 g/mol. The summed E-state index contributed by atoms with van der Waals surface area (Å²) in [5, 5.41) is 2.89. The van der Waals surface area contributed by atoms with Gasteiger partial charge in [-0.15, -0.1) is 0 Å². The summed E-state index contributed by atoms with van der Waals surface area (Å²) in [5.74, 6) is 0.309. The van der Waals surface area contributed by atoms with Crippen LogP contribution in [0.4, 0.5) is 10.5 Å². The van der Waals surface area contributed by atoms with E-state index in [1.165, 1.54) is 0 Å². The Hall–Kier alpha value is -4.37. The Morgan fingerprint density at radius 2 is 1.63 bits per heavy atom. The second kappa shape index (κ2) is 12.4. The number of nitrogens with one attached hydrogen (secondary N) is 1. The number of rotatable bonds is 8. The highest BCUT2D eigenvalue weighted by atomic mass is 16.6. The van der Waals surface area contributed by atoms with Crippen LogP contribution in [0, 0.1) is 6.92 Å². The molecule has 0 spiro atoms. The Morgan fingerprint density at radius 3 is 2.27 bits per heavy atom. The van der Waals surface area contributed by atoms with Crippen LogP contribution < -0.4 is 10.1 Å². The van der Waals surface area contributed by atoms with Crippen LogP contribution in [0.25, 0.3) is 0 Å². The van der Waals surface area contributed by atoms with Crippen molar-refractivity contribution in [3.05, 3.63) is 95.1 Å². The number of benzene rings is 3. The van der Waals surface area contributed by atoms with Gasteiger partial charge in [0.05, 0.1) is 13.7 Å². The number of amides is 3. The van der Waals surface area contributed by atoms with Crippen molar-refractivity contribution in [1.29, 1.82) is 0 Å². The lowest BCUT2D eigenvalue weighted by molar-refractivity contribution is -0.138. The highest BCUT2D eigenvalue weighted by molar-refractivity contribution is 6.04. The normalized spacial score (nSPS) is 19.1. The fourth-order valence-corrected chi connectivity index (χ4v) is 5.34. The van der Waals surface area contributed by atoms with Crippen LogP contribution >= 0.6 is 0 Å². The number of carbonyl (C=O) groups is 3. The zero-order chi connectivity index (χ0) is 28.9. The lowest BCUT2D eigenvalue weighted by Gasteiger charge is -2.37. The molecule has 2 heterocycles. The minimum absolute atomic E-state index is 0.109. The maximum absolute atomic E-state index is 14.0. The van der Waals surface area contributed by atoms with Crippen molar-refractivity contribution in [2.75, 3.05) is 45.2 Å². The molecule has 9 heteroatoms. The minimum atomic E-state index is -0.796. The summed E-state index contributed by atoms with van der Waals surface area (Å²) in [6.07, 6.45) is -1.28. The van der Waals surface area contributed by atoms with Gasteiger partial charge in [0.2, 0.25) is 5.91 Å². The van der Waals surface area contributed by atoms with Crippen molar-refractivity contribution in [3.8, 4) is 5.75 Å². The van der Waals surface area contributed by atoms with Gasteiger partial charge in [0.25, 0.3) is 5.91 Å². The van der Waals surface area contributed by atoms with E-state index < -0.39 is 18.2 Å². The number of aryl methyl sites for hydroxylation is 1. The van der Waals surface area contributed by atoms with Crippen LogP contribution in [-0.4, -0.2) is 78.5 Å². The molecule has 0 aliphatic carbocycles. The fraction of sp³-hybridized carbons (Fsp3) is 0.344. The first kappa shape index (κ1) is 28.2. The van der Waals surface area contributed by atoms with E-state index in [0.717, 1.165) is 30.8 Å². The Morgan fingerprint density at radius 1 is 0.951 bits per heavy atom. The molecular weight excluding hydrogens is 520 g/mol. The Balaban J connectivity index is 1.37. The number of ether oxygens (including phenoxy) is 2. The third-order valence-corrected chi connectivity index (χ3v) is 7.92. The van der Waals surface area contributed by atoms with Gasteiger partial charge in [0.1, 0.15) is 5.75 Å². The first-order chi connectivity index (χ1) is 19.9. The average Bonchev–Trinajstić information content (AvgIpc) is 3.33. The first-order valence-corrected chi connectivity index (χ1v) is 14.0. The quantitative estimate of drug-likeness (QED) is 0.440. The molecule has 3 aromatic carbocycles. The molecule has 9 nitrogen and oxygen atoms in total. The largest absolute Gasteiger partial charge is 0.497 e. The predicted molar refractivity (Wildman–Crippen MR) is 156 cm³/mol. The van der Waals surface area contributed by atoms with Gasteiger partial charge in [0.15, 0.2) is 12.1 Å². The molecule has 2 aliphatic heterocycles. The summed E-state index contributed by atoms with van der Waals surface area (Å²) in [6, 6.07) is 21.0. The maximum Gasteiger partial charge on any atom is 0.411 e. The second-order valence-corrected chi connectivity index (χ2v) is 10.4. The molecule has 2 saturated heterocycles. The third kappa shape index (κ3) is 6.20. The maximum atomic E-state index is 14.0. The van der Waals surface area contributed by atoms with Gasteiger partial charge in [-0.3, -0.25) is 14.5 Å². The van der Waals surface area contributed by atoms with E-state index in [2.05, 4.69) is 17.1 Å². The van der Waals surface area contributed by atoms with Crippen LogP contribution in [0.5, 0.6) is 5.75 Å². The molecule has 5 rings (SSSR count). The van der Waals surface area contributed by atoms with Crippen molar-refractivity contribution in [2.24, 2.45) is 0 Å². The second-order valence-electron chi connectivity index (χ2n) is 10.4. The fourth-order valence-electron chi connectivity index (χ4n) is 5.34. The van der Waals surface area contributed by atoms with Gasteiger partial charge >= 0.3 is 6.09 Å². The number of hydrogen-bond donors (Lipinski definition) is 1. The van der Waals surface area contributed by atoms with Crippen LogP contribution in [0.1, 0.15) is 40.1 Å². The number of likely N-dealkylation sites (N-methyl/N-ethyl adjacent to an activating group) is 1. The number of piperazine rings is 1. The highest BCUT2D eigenvalue weighted by Gasteiger charge is 2.48. The first-order valence-electron chi connectivity index (χ1n) is 14.0. The van der Waals surface area contributed by atoms with E-state index in [1.54, 1.807) is 60.5 Å². The lowest BCUT2D eigenvalue weighted by atomic mass is 9.99. The van der Waals surface area contributed by atoms with E-state index in [0.29, 0.717) is 35.7 Å². The summed E-state index contributed by atoms with van der Waals surface area (Å²) in [5.41, 5.74) is 3.80. The van der Waals surface area contributed by atoms with Gasteiger partial charge in [-0.1, -0.05) is 43.3 Å². The van der Waals surface area contributed by atoms with Gasteiger partial charge < -0.3 is 24.6 Å². The molecule has 41 heavy (non-hydrogen) atoms. The molecule has 2 aliphatic rings. The molecule has 1 N–H and O–H groups in total. The van der Waals surface area contributed by atoms with E-state index in [1.807, 2.05) is 36.1 Å². The van der Waals surface area contributed by atoms with Gasteiger partial charge in [-0.05, 0) is 66.6 Å². The number of nitrogens with zero attached hydrogens (tertiary/aromatic N) is 3.